The second kappa shape index (κ2) is 6.47. The molecule has 0 aliphatic heterocycles. The molecule has 0 saturated carbocycles. The molecule has 0 radical (unpaired) electrons. The number of nitrogens with zero attached hydrogens (tertiary/aromatic N) is 1. The summed E-state index contributed by atoms with van der Waals surface area (Å²) in [5.74, 6) is 0. The Morgan fingerprint density at radius 3 is 2.65 bits per heavy atom. The molecule has 0 bridgehead atoms. The van der Waals surface area contributed by atoms with Crippen LogP contribution in [0.5, 0.6) is 0 Å². The fourth-order valence-electron chi connectivity index (χ4n) is 2.27. The maximum absolute atomic E-state index is 6.42. The molecule has 0 unspecified atom stereocenters. The van der Waals surface area contributed by atoms with Gasteiger partial charge in [0.2, 0.25) is 0 Å². The van der Waals surface area contributed by atoms with Gasteiger partial charge in [-0.1, -0.05) is 23.3 Å². The maximum Gasteiger partial charge on any atom is 0.0460 e. The Morgan fingerprint density at radius 1 is 1.25 bits per heavy atom. The smallest absolute Gasteiger partial charge is 0.0460 e. The molecular formula is C17H23ClN2. The van der Waals surface area contributed by atoms with E-state index in [0.717, 1.165) is 24.4 Å². The van der Waals surface area contributed by atoms with Crippen LogP contribution >= 0.6 is 11.6 Å². The zero-order chi connectivity index (χ0) is 14.7. The van der Waals surface area contributed by atoms with Crippen molar-refractivity contribution in [2.75, 3.05) is 20.6 Å². The quantitative estimate of drug-likeness (QED) is 0.807. The van der Waals surface area contributed by atoms with E-state index in [1.807, 2.05) is 0 Å². The lowest BCUT2D eigenvalue weighted by Gasteiger charge is -2.08. The molecular weight excluding hydrogens is 268 g/mol. The van der Waals surface area contributed by atoms with E-state index in [2.05, 4.69) is 62.2 Å². The molecule has 0 fully saturated rings. The zero-order valence-electron chi connectivity index (χ0n) is 12.8. The minimum atomic E-state index is 0.862. The largest absolute Gasteiger partial charge is 0.361 e. The van der Waals surface area contributed by atoms with Crippen molar-refractivity contribution in [3.63, 3.8) is 0 Å². The zero-order valence-corrected chi connectivity index (χ0v) is 13.5. The van der Waals surface area contributed by atoms with Gasteiger partial charge in [0.1, 0.15) is 0 Å². The summed E-state index contributed by atoms with van der Waals surface area (Å²) in [5.41, 5.74) is 5.02. The van der Waals surface area contributed by atoms with Crippen LogP contribution in [0, 0.1) is 0 Å². The third-order valence-corrected chi connectivity index (χ3v) is 3.84. The van der Waals surface area contributed by atoms with Crippen molar-refractivity contribution in [3.8, 4) is 0 Å². The summed E-state index contributed by atoms with van der Waals surface area (Å²) in [6, 6.07) is 4.28. The molecule has 1 aromatic carbocycles. The third-order valence-electron chi connectivity index (χ3n) is 3.49. The van der Waals surface area contributed by atoms with Gasteiger partial charge >= 0.3 is 0 Å². The molecule has 0 atom stereocenters. The number of hydrogen-bond acceptors (Lipinski definition) is 1. The summed E-state index contributed by atoms with van der Waals surface area (Å²) in [6.45, 7) is 5.27. The van der Waals surface area contributed by atoms with Crippen molar-refractivity contribution in [1.82, 2.24) is 9.88 Å². The lowest BCUT2D eigenvalue weighted by atomic mass is 10.1. The molecule has 0 amide bonds. The van der Waals surface area contributed by atoms with E-state index in [9.17, 15) is 0 Å². The summed E-state index contributed by atoms with van der Waals surface area (Å²) in [7, 11) is 4.19. The van der Waals surface area contributed by atoms with Gasteiger partial charge in [-0.05, 0) is 64.0 Å². The Hall–Kier alpha value is -1.25. The Bertz CT molecular complexity index is 619. The number of aromatic nitrogens is 1. The number of likely N-dealkylation sites (N-methyl/N-ethyl adjacent to an activating group) is 1. The number of halogens is 1. The molecule has 0 saturated heterocycles. The first kappa shape index (κ1) is 15.1. The lowest BCUT2D eigenvalue weighted by Crippen LogP contribution is -2.14. The van der Waals surface area contributed by atoms with Crippen LogP contribution in [0.3, 0.4) is 0 Å². The lowest BCUT2D eigenvalue weighted by molar-refractivity contribution is 0.414. The number of aromatic amines is 1. The van der Waals surface area contributed by atoms with E-state index in [-0.39, 0.29) is 0 Å². The molecule has 3 heteroatoms. The molecule has 2 rings (SSSR count). The van der Waals surface area contributed by atoms with Gasteiger partial charge in [0.15, 0.2) is 0 Å². The highest BCUT2D eigenvalue weighted by Crippen LogP contribution is 2.27. The van der Waals surface area contributed by atoms with Crippen LogP contribution in [-0.2, 0) is 12.8 Å². The van der Waals surface area contributed by atoms with E-state index < -0.39 is 0 Å². The second-order valence-electron chi connectivity index (χ2n) is 5.84. The van der Waals surface area contributed by atoms with Gasteiger partial charge in [0, 0.05) is 28.7 Å². The highest BCUT2D eigenvalue weighted by molar-refractivity contribution is 6.32. The number of fused-ring (bicyclic) bond motifs is 1. The predicted molar refractivity (Wildman–Crippen MR) is 88.7 cm³/mol. The summed E-state index contributed by atoms with van der Waals surface area (Å²) >= 11 is 6.42. The molecule has 0 aliphatic rings. The van der Waals surface area contributed by atoms with Crippen LogP contribution < -0.4 is 0 Å². The summed E-state index contributed by atoms with van der Waals surface area (Å²) in [6.07, 6.45) is 6.25. The van der Waals surface area contributed by atoms with Gasteiger partial charge in [-0.2, -0.15) is 0 Å². The van der Waals surface area contributed by atoms with Crippen LogP contribution in [0.1, 0.15) is 25.0 Å². The summed E-state index contributed by atoms with van der Waals surface area (Å²) < 4.78 is 0. The van der Waals surface area contributed by atoms with Crippen LogP contribution in [0.15, 0.2) is 30.0 Å². The number of benzene rings is 1. The molecule has 108 valence electrons. The Morgan fingerprint density at radius 2 is 2.00 bits per heavy atom. The molecule has 1 heterocycles. The fraction of sp³-hybridized carbons (Fsp3) is 0.412. The number of nitrogens with one attached hydrogen (secondary N) is 1. The Labute approximate surface area is 126 Å². The van der Waals surface area contributed by atoms with Crippen molar-refractivity contribution in [2.45, 2.75) is 26.7 Å². The van der Waals surface area contributed by atoms with Crippen LogP contribution in [0.2, 0.25) is 5.02 Å². The van der Waals surface area contributed by atoms with E-state index in [1.54, 1.807) is 0 Å². The highest BCUT2D eigenvalue weighted by Gasteiger charge is 2.08. The SMILES string of the molecule is CC(C)=CCc1cc2[nH]cc(CCN(C)C)c2cc1Cl. The summed E-state index contributed by atoms with van der Waals surface area (Å²) in [4.78, 5) is 5.57. The molecule has 0 spiro atoms. The topological polar surface area (TPSA) is 19.0 Å². The third kappa shape index (κ3) is 3.65. The van der Waals surface area contributed by atoms with E-state index in [4.69, 9.17) is 11.6 Å². The van der Waals surface area contributed by atoms with Crippen LogP contribution in [0.25, 0.3) is 10.9 Å². The van der Waals surface area contributed by atoms with E-state index in [0.29, 0.717) is 0 Å². The van der Waals surface area contributed by atoms with E-state index >= 15 is 0 Å². The number of allylic oxidation sites excluding steroid dienone is 2. The average Bonchev–Trinajstić information content (AvgIpc) is 2.75. The Kier molecular flexibility index (Phi) is 4.90. The predicted octanol–water partition coefficient (Wildman–Crippen LogP) is 4.43. The van der Waals surface area contributed by atoms with Gasteiger partial charge in [0.05, 0.1) is 0 Å². The van der Waals surface area contributed by atoms with Gasteiger partial charge in [-0.25, -0.2) is 0 Å². The first-order chi connectivity index (χ1) is 9.47. The van der Waals surface area contributed by atoms with Crippen LogP contribution in [0.4, 0.5) is 0 Å². The van der Waals surface area contributed by atoms with Gasteiger partial charge in [-0.15, -0.1) is 0 Å². The van der Waals surface area contributed by atoms with Crippen molar-refractivity contribution in [1.29, 1.82) is 0 Å². The normalized spacial score (nSPS) is 11.3. The first-order valence-corrected chi connectivity index (χ1v) is 7.41. The standard InChI is InChI=1S/C17H23ClN2/c1-12(2)5-6-13-9-17-15(10-16(13)18)14(11-19-17)7-8-20(3)4/h5,9-11,19H,6-8H2,1-4H3. The second-order valence-corrected chi connectivity index (χ2v) is 6.25. The monoisotopic (exact) mass is 290 g/mol. The minimum absolute atomic E-state index is 0.862. The highest BCUT2D eigenvalue weighted by atomic mass is 35.5. The van der Waals surface area contributed by atoms with Crippen LogP contribution in [-0.4, -0.2) is 30.5 Å². The van der Waals surface area contributed by atoms with Gasteiger partial charge < -0.3 is 9.88 Å². The van der Waals surface area contributed by atoms with Crippen molar-refractivity contribution in [2.24, 2.45) is 0 Å². The number of hydrogen-bond donors (Lipinski definition) is 1. The van der Waals surface area contributed by atoms with Crippen molar-refractivity contribution < 1.29 is 0 Å². The minimum Gasteiger partial charge on any atom is -0.361 e. The molecule has 1 aromatic heterocycles. The first-order valence-electron chi connectivity index (χ1n) is 7.04. The number of H-pyrrole nitrogens is 1. The molecule has 2 aromatic rings. The molecule has 0 aliphatic carbocycles. The van der Waals surface area contributed by atoms with Crippen molar-refractivity contribution in [3.05, 3.63) is 46.1 Å². The number of rotatable bonds is 5. The van der Waals surface area contributed by atoms with Crippen molar-refractivity contribution >= 4 is 22.5 Å². The van der Waals surface area contributed by atoms with Gasteiger partial charge in [-0.3, -0.25) is 0 Å². The molecule has 20 heavy (non-hydrogen) atoms. The maximum atomic E-state index is 6.42. The molecule has 2 nitrogen and oxygen atoms in total. The molecule has 1 N–H and O–H groups in total. The van der Waals surface area contributed by atoms with Gasteiger partial charge in [0.25, 0.3) is 0 Å². The van der Waals surface area contributed by atoms with E-state index in [1.165, 1.54) is 27.6 Å². The Balaban J connectivity index is 2.30. The fourth-order valence-corrected chi connectivity index (χ4v) is 2.51. The average molecular weight is 291 g/mol. The summed E-state index contributed by atoms with van der Waals surface area (Å²) in [5, 5.41) is 2.11.